The monoisotopic (exact) mass is 426 g/mol. The highest BCUT2D eigenvalue weighted by molar-refractivity contribution is 7.91. The highest BCUT2D eigenvalue weighted by Crippen LogP contribution is 2.37. The van der Waals surface area contributed by atoms with Crippen LogP contribution in [0, 0.1) is 5.92 Å². The first-order valence-corrected chi connectivity index (χ1v) is 12.1. The Balaban J connectivity index is 1.38. The fourth-order valence-electron chi connectivity index (χ4n) is 3.74. The summed E-state index contributed by atoms with van der Waals surface area (Å²) >= 11 is 0. The smallest absolute Gasteiger partial charge is 0.230 e. The Bertz CT molecular complexity index is 1070. The van der Waals surface area contributed by atoms with E-state index in [-0.39, 0.29) is 34.8 Å². The number of carbonyl (C=O) groups is 2. The van der Waals surface area contributed by atoms with Crippen molar-refractivity contribution < 1.29 is 18.0 Å². The molecule has 0 saturated heterocycles. The molecule has 2 aromatic rings. The maximum absolute atomic E-state index is 12.7. The van der Waals surface area contributed by atoms with E-state index >= 15 is 0 Å². The van der Waals surface area contributed by atoms with Crippen LogP contribution >= 0.6 is 0 Å². The molecular formula is C23H26N2O4S. The number of sulfone groups is 1. The van der Waals surface area contributed by atoms with Crippen molar-refractivity contribution in [3.8, 4) is 0 Å². The zero-order chi connectivity index (χ0) is 21.3. The van der Waals surface area contributed by atoms with E-state index in [0.717, 1.165) is 30.5 Å². The Morgan fingerprint density at radius 1 is 1.10 bits per heavy atom. The standard InChI is InChI=1S/C23H26N2O4S/c1-2-16-3-7-19(8-4-16)24-22(26)12-14-30(28,29)20-9-10-21-18(15-20)11-13-25(21)23(27)17-5-6-17/h3-4,7-10,15,17H,2,5-6,11-14H2,1H3,(H,24,26). The van der Waals surface area contributed by atoms with E-state index < -0.39 is 9.84 Å². The third kappa shape index (κ3) is 4.41. The van der Waals surface area contributed by atoms with Gasteiger partial charge in [-0.2, -0.15) is 0 Å². The number of hydrogen-bond acceptors (Lipinski definition) is 4. The number of carbonyl (C=O) groups excluding carboxylic acids is 2. The van der Waals surface area contributed by atoms with Gasteiger partial charge in [0.2, 0.25) is 11.8 Å². The summed E-state index contributed by atoms with van der Waals surface area (Å²) in [7, 11) is -3.59. The molecule has 0 radical (unpaired) electrons. The van der Waals surface area contributed by atoms with Crippen LogP contribution < -0.4 is 10.2 Å². The molecule has 2 aromatic carbocycles. The Morgan fingerprint density at radius 2 is 1.83 bits per heavy atom. The summed E-state index contributed by atoms with van der Waals surface area (Å²) in [6, 6.07) is 12.5. The van der Waals surface area contributed by atoms with Gasteiger partial charge in [-0.15, -0.1) is 0 Å². The minimum atomic E-state index is -3.59. The van der Waals surface area contributed by atoms with Crippen LogP contribution in [0.4, 0.5) is 11.4 Å². The van der Waals surface area contributed by atoms with Crippen LogP contribution in [0.3, 0.4) is 0 Å². The first kappa shape index (κ1) is 20.6. The summed E-state index contributed by atoms with van der Waals surface area (Å²) in [6.45, 7) is 2.66. The molecule has 30 heavy (non-hydrogen) atoms. The number of anilines is 2. The predicted octanol–water partition coefficient (Wildman–Crippen LogP) is 3.35. The molecule has 6 nitrogen and oxygen atoms in total. The summed E-state index contributed by atoms with van der Waals surface area (Å²) in [5.74, 6) is -0.302. The molecular weight excluding hydrogens is 400 g/mol. The minimum Gasteiger partial charge on any atom is -0.326 e. The van der Waals surface area contributed by atoms with Gasteiger partial charge in [-0.3, -0.25) is 9.59 Å². The lowest BCUT2D eigenvalue weighted by Gasteiger charge is -2.17. The van der Waals surface area contributed by atoms with Crippen molar-refractivity contribution in [3.63, 3.8) is 0 Å². The van der Waals surface area contributed by atoms with E-state index in [2.05, 4.69) is 12.2 Å². The number of fused-ring (bicyclic) bond motifs is 1. The molecule has 1 N–H and O–H groups in total. The topological polar surface area (TPSA) is 83.6 Å². The van der Waals surface area contributed by atoms with Crippen LogP contribution in [0.1, 0.15) is 37.3 Å². The second-order valence-corrected chi connectivity index (χ2v) is 10.1. The number of nitrogens with one attached hydrogen (secondary N) is 1. The highest BCUT2D eigenvalue weighted by atomic mass is 32.2. The summed E-state index contributed by atoms with van der Waals surface area (Å²) in [5.41, 5.74) is 3.53. The zero-order valence-corrected chi connectivity index (χ0v) is 17.9. The van der Waals surface area contributed by atoms with Crippen molar-refractivity contribution in [3.05, 3.63) is 53.6 Å². The van der Waals surface area contributed by atoms with Crippen molar-refractivity contribution >= 4 is 33.0 Å². The summed E-state index contributed by atoms with van der Waals surface area (Å²) in [4.78, 5) is 26.6. The number of nitrogens with zero attached hydrogens (tertiary/aromatic N) is 1. The molecule has 1 saturated carbocycles. The molecule has 4 rings (SSSR count). The third-order valence-corrected chi connectivity index (χ3v) is 7.46. The number of aryl methyl sites for hydroxylation is 1. The van der Waals surface area contributed by atoms with Crippen LogP contribution in [0.15, 0.2) is 47.4 Å². The van der Waals surface area contributed by atoms with Gasteiger partial charge in [-0.1, -0.05) is 19.1 Å². The molecule has 0 bridgehead atoms. The quantitative estimate of drug-likeness (QED) is 0.736. The van der Waals surface area contributed by atoms with Crippen LogP contribution in [0.25, 0.3) is 0 Å². The summed E-state index contributed by atoms with van der Waals surface area (Å²) in [6.07, 6.45) is 3.36. The van der Waals surface area contributed by atoms with Crippen molar-refractivity contribution in [1.82, 2.24) is 0 Å². The number of rotatable bonds is 7. The Labute approximate surface area is 177 Å². The average Bonchev–Trinajstić information content (AvgIpc) is 3.51. The maximum Gasteiger partial charge on any atom is 0.230 e. The lowest BCUT2D eigenvalue weighted by Crippen LogP contribution is -2.30. The maximum atomic E-state index is 12.7. The lowest BCUT2D eigenvalue weighted by atomic mass is 10.1. The molecule has 2 aliphatic rings. The molecule has 0 unspecified atom stereocenters. The van der Waals surface area contributed by atoms with Gasteiger partial charge in [-0.25, -0.2) is 8.42 Å². The van der Waals surface area contributed by atoms with E-state index in [4.69, 9.17) is 0 Å². The molecule has 7 heteroatoms. The van der Waals surface area contributed by atoms with Gasteiger partial charge in [0.05, 0.1) is 10.6 Å². The fourth-order valence-corrected chi connectivity index (χ4v) is 5.03. The molecule has 0 atom stereocenters. The first-order valence-electron chi connectivity index (χ1n) is 10.4. The van der Waals surface area contributed by atoms with E-state index in [1.807, 2.05) is 24.3 Å². The van der Waals surface area contributed by atoms with Crippen molar-refractivity contribution in [2.24, 2.45) is 5.92 Å². The summed E-state index contributed by atoms with van der Waals surface area (Å²) < 4.78 is 25.5. The van der Waals surface area contributed by atoms with Crippen molar-refractivity contribution in [2.45, 2.75) is 43.9 Å². The number of benzene rings is 2. The SMILES string of the molecule is CCc1ccc(NC(=O)CCS(=O)(=O)c2ccc3c(c2)CCN3C(=O)C2CC2)cc1. The molecule has 1 fully saturated rings. The average molecular weight is 427 g/mol. The Kier molecular flexibility index (Phi) is 5.64. The van der Waals surface area contributed by atoms with Gasteiger partial charge < -0.3 is 10.2 Å². The van der Waals surface area contributed by atoms with Gasteiger partial charge in [0, 0.05) is 30.3 Å². The van der Waals surface area contributed by atoms with Gasteiger partial charge >= 0.3 is 0 Å². The van der Waals surface area contributed by atoms with Crippen LogP contribution in [-0.4, -0.2) is 32.5 Å². The van der Waals surface area contributed by atoms with E-state index in [9.17, 15) is 18.0 Å². The molecule has 1 aliphatic carbocycles. The molecule has 0 aromatic heterocycles. The molecule has 1 heterocycles. The van der Waals surface area contributed by atoms with Gasteiger partial charge in [0.15, 0.2) is 9.84 Å². The second-order valence-electron chi connectivity index (χ2n) is 7.97. The van der Waals surface area contributed by atoms with E-state index in [1.165, 1.54) is 5.56 Å². The highest BCUT2D eigenvalue weighted by Gasteiger charge is 2.36. The van der Waals surface area contributed by atoms with Crippen molar-refractivity contribution in [1.29, 1.82) is 0 Å². The normalized spacial score (nSPS) is 15.7. The molecule has 2 amide bonds. The second kappa shape index (κ2) is 8.22. The van der Waals surface area contributed by atoms with Crippen LogP contribution in [0.5, 0.6) is 0 Å². The van der Waals surface area contributed by atoms with Crippen LogP contribution in [-0.2, 0) is 32.3 Å². The Hall–Kier alpha value is -2.67. The van der Waals surface area contributed by atoms with Gasteiger partial charge in [-0.05, 0) is 67.1 Å². The third-order valence-electron chi connectivity index (χ3n) is 5.74. The zero-order valence-electron chi connectivity index (χ0n) is 17.1. The number of amides is 2. The van der Waals surface area contributed by atoms with Gasteiger partial charge in [0.1, 0.15) is 0 Å². The number of hydrogen-bond donors (Lipinski definition) is 1. The fraction of sp³-hybridized carbons (Fsp3) is 0.391. The largest absolute Gasteiger partial charge is 0.326 e. The van der Waals surface area contributed by atoms with E-state index in [0.29, 0.717) is 18.7 Å². The van der Waals surface area contributed by atoms with Gasteiger partial charge in [0.25, 0.3) is 0 Å². The molecule has 1 aliphatic heterocycles. The Morgan fingerprint density at radius 3 is 2.50 bits per heavy atom. The summed E-state index contributed by atoms with van der Waals surface area (Å²) in [5, 5.41) is 2.75. The van der Waals surface area contributed by atoms with E-state index in [1.54, 1.807) is 23.1 Å². The predicted molar refractivity (Wildman–Crippen MR) is 116 cm³/mol. The first-order chi connectivity index (χ1) is 14.4. The van der Waals surface area contributed by atoms with Crippen molar-refractivity contribution in [2.75, 3.05) is 22.5 Å². The van der Waals surface area contributed by atoms with Crippen LogP contribution in [0.2, 0.25) is 0 Å². The lowest BCUT2D eigenvalue weighted by molar-refractivity contribution is -0.119. The minimum absolute atomic E-state index is 0.110. The molecule has 158 valence electrons. The molecule has 0 spiro atoms.